The standard InChI is InChI=1S/C13H18BrNO4S2/c1-9(6-7-20-3)15(2)21(18,19)10-4-5-12(14)11(8-10)13(16)17/h4-5,8-9H,6-7H2,1-3H3,(H,16,17). The van der Waals surface area contributed by atoms with Gasteiger partial charge in [-0.3, -0.25) is 0 Å². The highest BCUT2D eigenvalue weighted by molar-refractivity contribution is 9.10. The molecule has 1 N–H and O–H groups in total. The van der Waals surface area contributed by atoms with E-state index >= 15 is 0 Å². The van der Waals surface area contributed by atoms with Crippen molar-refractivity contribution in [1.29, 1.82) is 0 Å². The Morgan fingerprint density at radius 3 is 2.62 bits per heavy atom. The molecule has 0 aliphatic heterocycles. The number of halogens is 1. The minimum Gasteiger partial charge on any atom is -0.478 e. The summed E-state index contributed by atoms with van der Waals surface area (Å²) in [6, 6.07) is 3.87. The molecule has 0 radical (unpaired) electrons. The Bertz CT molecular complexity index is 619. The molecule has 1 atom stereocenters. The molecule has 0 aromatic heterocycles. The van der Waals surface area contributed by atoms with Gasteiger partial charge in [-0.15, -0.1) is 0 Å². The number of benzene rings is 1. The summed E-state index contributed by atoms with van der Waals surface area (Å²) in [5.41, 5.74) is -0.0683. The molecule has 8 heteroatoms. The molecule has 0 heterocycles. The quantitative estimate of drug-likeness (QED) is 0.767. The highest BCUT2D eigenvalue weighted by atomic mass is 79.9. The van der Waals surface area contributed by atoms with Crippen LogP contribution in [0.2, 0.25) is 0 Å². The summed E-state index contributed by atoms with van der Waals surface area (Å²) in [5.74, 6) is -0.307. The zero-order valence-electron chi connectivity index (χ0n) is 12.0. The molecule has 0 bridgehead atoms. The lowest BCUT2D eigenvalue weighted by molar-refractivity contribution is 0.0695. The van der Waals surface area contributed by atoms with Gasteiger partial charge >= 0.3 is 5.97 Å². The molecule has 0 saturated heterocycles. The highest BCUT2D eigenvalue weighted by Gasteiger charge is 2.26. The maximum absolute atomic E-state index is 12.5. The van der Waals surface area contributed by atoms with Gasteiger partial charge in [-0.25, -0.2) is 13.2 Å². The van der Waals surface area contributed by atoms with E-state index in [4.69, 9.17) is 5.11 Å². The molecule has 0 saturated carbocycles. The van der Waals surface area contributed by atoms with Crippen LogP contribution in [0.5, 0.6) is 0 Å². The number of rotatable bonds is 7. The van der Waals surface area contributed by atoms with Crippen LogP contribution in [0, 0.1) is 0 Å². The third kappa shape index (κ3) is 4.45. The number of carbonyl (C=O) groups is 1. The van der Waals surface area contributed by atoms with Crippen molar-refractivity contribution in [1.82, 2.24) is 4.31 Å². The second-order valence-electron chi connectivity index (χ2n) is 4.60. The van der Waals surface area contributed by atoms with Crippen molar-refractivity contribution in [3.63, 3.8) is 0 Å². The average Bonchev–Trinajstić information content (AvgIpc) is 2.43. The number of thioether (sulfide) groups is 1. The van der Waals surface area contributed by atoms with Gasteiger partial charge in [0.1, 0.15) is 0 Å². The van der Waals surface area contributed by atoms with Gasteiger partial charge in [0.15, 0.2) is 0 Å². The van der Waals surface area contributed by atoms with E-state index in [2.05, 4.69) is 15.9 Å². The molecule has 0 spiro atoms. The van der Waals surface area contributed by atoms with E-state index in [0.29, 0.717) is 4.47 Å². The number of sulfonamides is 1. The van der Waals surface area contributed by atoms with Gasteiger partial charge in [0.05, 0.1) is 10.5 Å². The molecule has 0 aliphatic rings. The summed E-state index contributed by atoms with van der Waals surface area (Å²) in [5, 5.41) is 9.08. The predicted octanol–water partition coefficient (Wildman–Crippen LogP) is 2.91. The van der Waals surface area contributed by atoms with Crippen molar-refractivity contribution >= 4 is 43.7 Å². The third-order valence-corrected chi connectivity index (χ3v) is 6.51. The lowest BCUT2D eigenvalue weighted by atomic mass is 10.2. The summed E-state index contributed by atoms with van der Waals surface area (Å²) in [6.45, 7) is 1.84. The number of nitrogens with zero attached hydrogens (tertiary/aromatic N) is 1. The van der Waals surface area contributed by atoms with E-state index in [0.717, 1.165) is 12.2 Å². The van der Waals surface area contributed by atoms with Crippen molar-refractivity contribution in [2.24, 2.45) is 0 Å². The molecule has 1 aromatic rings. The van der Waals surface area contributed by atoms with E-state index in [1.54, 1.807) is 11.8 Å². The summed E-state index contributed by atoms with van der Waals surface area (Å²) >= 11 is 4.76. The molecule has 21 heavy (non-hydrogen) atoms. The minimum absolute atomic E-state index is 0.0124. The van der Waals surface area contributed by atoms with Crippen molar-refractivity contribution < 1.29 is 18.3 Å². The fraction of sp³-hybridized carbons (Fsp3) is 0.462. The van der Waals surface area contributed by atoms with Gasteiger partial charge in [0.25, 0.3) is 0 Å². The van der Waals surface area contributed by atoms with Gasteiger partial charge in [0.2, 0.25) is 10.0 Å². The second-order valence-corrected chi connectivity index (χ2v) is 8.44. The van der Waals surface area contributed by atoms with E-state index in [9.17, 15) is 13.2 Å². The topological polar surface area (TPSA) is 74.7 Å². The van der Waals surface area contributed by atoms with Crippen LogP contribution in [-0.2, 0) is 10.0 Å². The summed E-state index contributed by atoms with van der Waals surface area (Å²) in [4.78, 5) is 11.1. The lowest BCUT2D eigenvalue weighted by Crippen LogP contribution is -2.35. The molecule has 1 unspecified atom stereocenters. The van der Waals surface area contributed by atoms with E-state index in [1.807, 2.05) is 13.2 Å². The predicted molar refractivity (Wildman–Crippen MR) is 88.5 cm³/mol. The minimum atomic E-state index is -3.70. The zero-order valence-corrected chi connectivity index (χ0v) is 15.3. The van der Waals surface area contributed by atoms with Crippen molar-refractivity contribution in [2.75, 3.05) is 19.1 Å². The lowest BCUT2D eigenvalue weighted by Gasteiger charge is -2.24. The Balaban J connectivity index is 3.13. The highest BCUT2D eigenvalue weighted by Crippen LogP contribution is 2.24. The smallest absolute Gasteiger partial charge is 0.336 e. The first-order valence-corrected chi connectivity index (χ1v) is 9.84. The molecule has 1 aromatic carbocycles. The maximum atomic E-state index is 12.5. The van der Waals surface area contributed by atoms with Crippen LogP contribution in [0.3, 0.4) is 0 Å². The first kappa shape index (κ1) is 18.5. The van der Waals surface area contributed by atoms with Crippen LogP contribution in [0.1, 0.15) is 23.7 Å². The molecule has 118 valence electrons. The molecule has 5 nitrogen and oxygen atoms in total. The molecule has 0 fully saturated rings. The largest absolute Gasteiger partial charge is 0.478 e. The third-order valence-electron chi connectivity index (χ3n) is 3.21. The molecule has 0 aliphatic carbocycles. The van der Waals surface area contributed by atoms with E-state index < -0.39 is 16.0 Å². The Morgan fingerprint density at radius 2 is 2.10 bits per heavy atom. The molecule has 1 rings (SSSR count). The Labute approximate surface area is 137 Å². The Kier molecular flexibility index (Phi) is 6.71. The van der Waals surface area contributed by atoms with E-state index in [1.165, 1.54) is 29.6 Å². The average molecular weight is 396 g/mol. The van der Waals surface area contributed by atoms with Crippen LogP contribution < -0.4 is 0 Å². The number of hydrogen-bond donors (Lipinski definition) is 1. The Morgan fingerprint density at radius 1 is 1.48 bits per heavy atom. The van der Waals surface area contributed by atoms with Gasteiger partial charge in [0, 0.05) is 17.6 Å². The monoisotopic (exact) mass is 395 g/mol. The zero-order chi connectivity index (χ0) is 16.2. The van der Waals surface area contributed by atoms with Crippen molar-refractivity contribution in [2.45, 2.75) is 24.3 Å². The van der Waals surface area contributed by atoms with Crippen LogP contribution in [0.15, 0.2) is 27.6 Å². The van der Waals surface area contributed by atoms with Crippen LogP contribution >= 0.6 is 27.7 Å². The first-order chi connectivity index (χ1) is 9.71. The van der Waals surface area contributed by atoms with Crippen molar-refractivity contribution in [3.05, 3.63) is 28.2 Å². The number of carboxylic acids is 1. The second kappa shape index (κ2) is 7.62. The Hall–Kier alpha value is -0.570. The molecular formula is C13H18BrNO4S2. The SMILES string of the molecule is CSCCC(C)N(C)S(=O)(=O)c1ccc(Br)c(C(=O)O)c1. The maximum Gasteiger partial charge on any atom is 0.336 e. The summed E-state index contributed by atoms with van der Waals surface area (Å²) in [6.07, 6.45) is 2.70. The summed E-state index contributed by atoms with van der Waals surface area (Å²) in [7, 11) is -2.18. The normalized spacial score (nSPS) is 13.4. The molecular weight excluding hydrogens is 378 g/mol. The first-order valence-electron chi connectivity index (χ1n) is 6.21. The van der Waals surface area contributed by atoms with Gasteiger partial charge < -0.3 is 5.11 Å². The van der Waals surface area contributed by atoms with Crippen LogP contribution in [-0.4, -0.2) is 48.9 Å². The number of hydrogen-bond acceptors (Lipinski definition) is 4. The van der Waals surface area contributed by atoms with Crippen LogP contribution in [0.4, 0.5) is 0 Å². The fourth-order valence-electron chi connectivity index (χ4n) is 1.70. The molecule has 0 amide bonds. The van der Waals surface area contributed by atoms with Gasteiger partial charge in [-0.2, -0.15) is 16.1 Å². The summed E-state index contributed by atoms with van der Waals surface area (Å²) < 4.78 is 26.7. The van der Waals surface area contributed by atoms with Crippen molar-refractivity contribution in [3.8, 4) is 0 Å². The van der Waals surface area contributed by atoms with Crippen LogP contribution in [0.25, 0.3) is 0 Å². The van der Waals surface area contributed by atoms with Gasteiger partial charge in [-0.05, 0) is 59.5 Å². The number of carboxylic acid groups (broad SMARTS) is 1. The fourth-order valence-corrected chi connectivity index (χ4v) is 4.11. The number of aromatic carboxylic acids is 1. The van der Waals surface area contributed by atoms with Gasteiger partial charge in [-0.1, -0.05) is 0 Å². The van der Waals surface area contributed by atoms with E-state index in [-0.39, 0.29) is 16.5 Å².